The van der Waals surface area contributed by atoms with Crippen LogP contribution in [0.1, 0.15) is 11.4 Å². The summed E-state index contributed by atoms with van der Waals surface area (Å²) in [7, 11) is 0. The van der Waals surface area contributed by atoms with E-state index in [4.69, 9.17) is 33.4 Å². The topological polar surface area (TPSA) is 133 Å². The van der Waals surface area contributed by atoms with Crippen molar-refractivity contribution < 1.29 is 15.7 Å². The Bertz CT molecular complexity index is 970. The molecule has 9 nitrogen and oxygen atoms in total. The Labute approximate surface area is 176 Å². The number of aliphatic hydroxyl groups is 2. The second-order valence-corrected chi connectivity index (χ2v) is 6.46. The Hall–Kier alpha value is -2.82. The zero-order chi connectivity index (χ0) is 19.9. The normalized spacial score (nSPS) is 10.1. The van der Waals surface area contributed by atoms with Gasteiger partial charge in [-0.1, -0.05) is 45.8 Å². The van der Waals surface area contributed by atoms with Gasteiger partial charge in [-0.05, 0) is 36.4 Å². The minimum atomic E-state index is -0.111. The monoisotopic (exact) mass is 436 g/mol. The fourth-order valence-electron chi connectivity index (χ4n) is 2.23. The van der Waals surface area contributed by atoms with Crippen LogP contribution in [0.3, 0.4) is 0 Å². The van der Waals surface area contributed by atoms with Gasteiger partial charge in [-0.2, -0.15) is 0 Å². The summed E-state index contributed by atoms with van der Waals surface area (Å²) < 4.78 is 3.13. The van der Waals surface area contributed by atoms with E-state index in [-0.39, 0.29) is 18.7 Å². The first-order chi connectivity index (χ1) is 13.6. The van der Waals surface area contributed by atoms with Crippen LogP contribution in [0.5, 0.6) is 0 Å². The summed E-state index contributed by atoms with van der Waals surface area (Å²) in [5.74, 6) is 0. The molecule has 0 amide bonds. The van der Waals surface area contributed by atoms with Crippen LogP contribution in [-0.4, -0.2) is 45.7 Å². The predicted octanol–water partition coefficient (Wildman–Crippen LogP) is 2.00. The van der Waals surface area contributed by atoms with Crippen molar-refractivity contribution in [2.24, 2.45) is 0 Å². The number of aliphatic hydroxyl groups excluding tert-OH is 2. The first kappa shape index (κ1) is 22.5. The maximum Gasteiger partial charge on any atom is 0.109 e. The average Bonchev–Trinajstić information content (AvgIpc) is 3.38. The SMILES string of the molecule is O.OCc1cn(-c2cccc(Cl)c2)nn1.OCc1cn(-c2cccc(Cl)c2)nn1. The molecule has 0 aliphatic rings. The molecule has 0 bridgehead atoms. The molecule has 0 saturated carbocycles. The zero-order valence-corrected chi connectivity index (χ0v) is 16.5. The van der Waals surface area contributed by atoms with E-state index in [1.807, 2.05) is 24.3 Å². The predicted molar refractivity (Wildman–Crippen MR) is 108 cm³/mol. The van der Waals surface area contributed by atoms with Crippen molar-refractivity contribution in [2.75, 3.05) is 0 Å². The van der Waals surface area contributed by atoms with Crippen molar-refractivity contribution in [3.8, 4) is 11.4 Å². The van der Waals surface area contributed by atoms with Crippen LogP contribution in [-0.2, 0) is 13.2 Å². The van der Waals surface area contributed by atoms with Gasteiger partial charge in [0.15, 0.2) is 0 Å². The molecule has 0 saturated heterocycles. The van der Waals surface area contributed by atoms with Gasteiger partial charge < -0.3 is 15.7 Å². The van der Waals surface area contributed by atoms with E-state index in [1.54, 1.807) is 46.0 Å². The van der Waals surface area contributed by atoms with Crippen molar-refractivity contribution in [3.63, 3.8) is 0 Å². The van der Waals surface area contributed by atoms with Crippen LogP contribution in [0.4, 0.5) is 0 Å². The van der Waals surface area contributed by atoms with E-state index in [9.17, 15) is 0 Å². The lowest BCUT2D eigenvalue weighted by molar-refractivity contribution is 0.276. The third-order valence-corrected chi connectivity index (χ3v) is 4.02. The van der Waals surface area contributed by atoms with Gasteiger partial charge in [0.25, 0.3) is 0 Å². The third kappa shape index (κ3) is 6.08. The van der Waals surface area contributed by atoms with E-state index >= 15 is 0 Å². The van der Waals surface area contributed by atoms with Gasteiger partial charge in [-0.15, -0.1) is 10.2 Å². The molecule has 29 heavy (non-hydrogen) atoms. The lowest BCUT2D eigenvalue weighted by Crippen LogP contribution is -1.93. The minimum Gasteiger partial charge on any atom is -0.412 e. The second-order valence-electron chi connectivity index (χ2n) is 5.58. The van der Waals surface area contributed by atoms with E-state index in [2.05, 4.69) is 20.6 Å². The maximum absolute atomic E-state index is 8.81. The van der Waals surface area contributed by atoms with Crippen LogP contribution in [0.15, 0.2) is 60.9 Å². The molecule has 4 rings (SSSR count). The summed E-state index contributed by atoms with van der Waals surface area (Å²) in [5, 5.41) is 34.1. The van der Waals surface area contributed by atoms with Crippen LogP contribution >= 0.6 is 23.2 Å². The molecular formula is C18H18Cl2N6O3. The maximum atomic E-state index is 8.81. The van der Waals surface area contributed by atoms with Crippen LogP contribution in [0.2, 0.25) is 10.0 Å². The largest absolute Gasteiger partial charge is 0.412 e. The Kier molecular flexibility index (Phi) is 8.25. The molecule has 11 heteroatoms. The lowest BCUT2D eigenvalue weighted by Gasteiger charge is -1.98. The third-order valence-electron chi connectivity index (χ3n) is 3.55. The highest BCUT2D eigenvalue weighted by Crippen LogP contribution is 2.14. The fourth-order valence-corrected chi connectivity index (χ4v) is 2.60. The van der Waals surface area contributed by atoms with Crippen molar-refractivity contribution in [1.82, 2.24) is 30.0 Å². The lowest BCUT2D eigenvalue weighted by atomic mass is 10.3. The first-order valence-electron chi connectivity index (χ1n) is 8.15. The summed E-state index contributed by atoms with van der Waals surface area (Å²) >= 11 is 11.6. The van der Waals surface area contributed by atoms with E-state index in [0.29, 0.717) is 21.4 Å². The molecule has 0 fully saturated rings. The summed E-state index contributed by atoms with van der Waals surface area (Å²) in [6, 6.07) is 14.5. The molecule has 0 aliphatic carbocycles. The molecule has 0 unspecified atom stereocenters. The minimum absolute atomic E-state index is 0. The molecule has 0 atom stereocenters. The summed E-state index contributed by atoms with van der Waals surface area (Å²) in [6.07, 6.45) is 3.32. The van der Waals surface area contributed by atoms with Gasteiger partial charge in [-0.3, -0.25) is 0 Å². The molecular weight excluding hydrogens is 419 g/mol. The zero-order valence-electron chi connectivity index (χ0n) is 15.0. The average molecular weight is 437 g/mol. The number of aromatic nitrogens is 6. The highest BCUT2D eigenvalue weighted by atomic mass is 35.5. The fraction of sp³-hybridized carbons (Fsp3) is 0.111. The molecule has 0 radical (unpaired) electrons. The number of nitrogens with zero attached hydrogens (tertiary/aromatic N) is 6. The smallest absolute Gasteiger partial charge is 0.109 e. The van der Waals surface area contributed by atoms with Gasteiger partial charge in [0, 0.05) is 10.0 Å². The Morgan fingerprint density at radius 1 is 0.724 bits per heavy atom. The molecule has 0 spiro atoms. The first-order valence-corrected chi connectivity index (χ1v) is 8.90. The van der Waals surface area contributed by atoms with E-state index in [0.717, 1.165) is 11.4 Å². The highest BCUT2D eigenvalue weighted by molar-refractivity contribution is 6.31. The van der Waals surface area contributed by atoms with Crippen molar-refractivity contribution in [2.45, 2.75) is 13.2 Å². The molecule has 2 aromatic heterocycles. The summed E-state index contributed by atoms with van der Waals surface area (Å²) in [4.78, 5) is 0. The van der Waals surface area contributed by atoms with Gasteiger partial charge in [0.1, 0.15) is 11.4 Å². The van der Waals surface area contributed by atoms with Crippen molar-refractivity contribution in [1.29, 1.82) is 0 Å². The molecule has 2 heterocycles. The van der Waals surface area contributed by atoms with Gasteiger partial charge >= 0.3 is 0 Å². The van der Waals surface area contributed by atoms with Crippen LogP contribution in [0.25, 0.3) is 11.4 Å². The summed E-state index contributed by atoms with van der Waals surface area (Å²) in [6.45, 7) is -0.221. The number of hydrogen-bond donors (Lipinski definition) is 2. The molecule has 2 aromatic carbocycles. The number of rotatable bonds is 4. The summed E-state index contributed by atoms with van der Waals surface area (Å²) in [5.41, 5.74) is 2.71. The Morgan fingerprint density at radius 3 is 1.45 bits per heavy atom. The number of hydrogen-bond acceptors (Lipinski definition) is 6. The Balaban J connectivity index is 0.000000200. The van der Waals surface area contributed by atoms with E-state index < -0.39 is 0 Å². The number of halogens is 2. The Morgan fingerprint density at radius 2 is 1.14 bits per heavy atom. The van der Waals surface area contributed by atoms with Crippen LogP contribution in [0, 0.1) is 0 Å². The van der Waals surface area contributed by atoms with Gasteiger partial charge in [-0.25, -0.2) is 9.36 Å². The van der Waals surface area contributed by atoms with Gasteiger partial charge in [0.05, 0.1) is 37.0 Å². The van der Waals surface area contributed by atoms with Crippen molar-refractivity contribution in [3.05, 3.63) is 82.4 Å². The second kappa shape index (κ2) is 10.6. The molecule has 4 aromatic rings. The van der Waals surface area contributed by atoms with E-state index in [1.165, 1.54) is 0 Å². The molecule has 152 valence electrons. The molecule has 0 aliphatic heterocycles. The van der Waals surface area contributed by atoms with Crippen molar-refractivity contribution >= 4 is 23.2 Å². The van der Waals surface area contributed by atoms with Gasteiger partial charge in [0.2, 0.25) is 0 Å². The van der Waals surface area contributed by atoms with Crippen LogP contribution < -0.4 is 0 Å². The molecule has 4 N–H and O–H groups in total. The highest BCUT2D eigenvalue weighted by Gasteiger charge is 2.02. The quantitative estimate of drug-likeness (QED) is 0.502. The number of benzene rings is 2. The standard InChI is InChI=1S/2C9H8ClN3O.H2O/c2*10-7-2-1-3-9(4-7)13-5-8(6-14)11-12-13;/h2*1-5,14H,6H2;1H2.